The van der Waals surface area contributed by atoms with E-state index in [-0.39, 0.29) is 0 Å². The fourth-order valence-corrected chi connectivity index (χ4v) is 1.72. The predicted octanol–water partition coefficient (Wildman–Crippen LogP) is 3.70. The number of hydrogen-bond donors (Lipinski definition) is 0. The Hall–Kier alpha value is -1.28. The number of benzene rings is 1. The van der Waals surface area contributed by atoms with Gasteiger partial charge in [-0.15, -0.1) is 11.6 Å². The molecule has 15 heavy (non-hydrogen) atoms. The molecule has 0 saturated carbocycles. The molecular formula is C12H12ClNO. The third-order valence-electron chi connectivity index (χ3n) is 2.34. The summed E-state index contributed by atoms with van der Waals surface area (Å²) < 4.78 is 5.23. The minimum atomic E-state index is 0.383. The van der Waals surface area contributed by atoms with Crippen molar-refractivity contribution >= 4 is 11.6 Å². The topological polar surface area (TPSA) is 26.0 Å². The van der Waals surface area contributed by atoms with Crippen LogP contribution in [0, 0.1) is 13.8 Å². The number of aryl methyl sites for hydroxylation is 2. The highest BCUT2D eigenvalue weighted by Gasteiger charge is 2.08. The van der Waals surface area contributed by atoms with Gasteiger partial charge in [-0.25, -0.2) is 0 Å². The summed E-state index contributed by atoms with van der Waals surface area (Å²) in [4.78, 5) is 0. The van der Waals surface area contributed by atoms with Gasteiger partial charge < -0.3 is 4.52 Å². The summed E-state index contributed by atoms with van der Waals surface area (Å²) in [6, 6.07) is 8.11. The fraction of sp³-hybridized carbons (Fsp3) is 0.250. The SMILES string of the molecule is Cc1ccc(-c2cc(CCl)no2)c(C)c1. The molecule has 0 N–H and O–H groups in total. The van der Waals surface area contributed by atoms with Crippen molar-refractivity contribution in [1.82, 2.24) is 5.16 Å². The third-order valence-corrected chi connectivity index (χ3v) is 2.62. The van der Waals surface area contributed by atoms with Gasteiger partial charge in [-0.2, -0.15) is 0 Å². The maximum absolute atomic E-state index is 5.67. The van der Waals surface area contributed by atoms with Crippen molar-refractivity contribution < 1.29 is 4.52 Å². The monoisotopic (exact) mass is 221 g/mol. The maximum Gasteiger partial charge on any atom is 0.167 e. The Kier molecular flexibility index (Phi) is 2.78. The number of hydrogen-bond acceptors (Lipinski definition) is 2. The van der Waals surface area contributed by atoms with Crippen LogP contribution in [0.15, 0.2) is 28.8 Å². The van der Waals surface area contributed by atoms with E-state index in [1.165, 1.54) is 11.1 Å². The van der Waals surface area contributed by atoms with Crippen LogP contribution < -0.4 is 0 Å². The number of nitrogens with zero attached hydrogens (tertiary/aromatic N) is 1. The van der Waals surface area contributed by atoms with Crippen molar-refractivity contribution in [3.8, 4) is 11.3 Å². The van der Waals surface area contributed by atoms with E-state index in [1.807, 2.05) is 12.1 Å². The zero-order valence-electron chi connectivity index (χ0n) is 8.75. The summed E-state index contributed by atoms with van der Waals surface area (Å²) >= 11 is 5.67. The molecular weight excluding hydrogens is 210 g/mol. The Morgan fingerprint density at radius 1 is 1.27 bits per heavy atom. The molecule has 1 heterocycles. The summed E-state index contributed by atoms with van der Waals surface area (Å²) in [7, 11) is 0. The highest BCUT2D eigenvalue weighted by molar-refractivity contribution is 6.16. The van der Waals surface area contributed by atoms with Gasteiger partial charge in [0.15, 0.2) is 5.76 Å². The summed E-state index contributed by atoms with van der Waals surface area (Å²) in [5.41, 5.74) is 4.27. The maximum atomic E-state index is 5.67. The van der Waals surface area contributed by atoms with Crippen molar-refractivity contribution in [2.45, 2.75) is 19.7 Å². The van der Waals surface area contributed by atoms with Crippen LogP contribution in [0.4, 0.5) is 0 Å². The molecule has 2 aromatic rings. The van der Waals surface area contributed by atoms with Gasteiger partial charge in [0.1, 0.15) is 0 Å². The molecule has 2 rings (SSSR count). The molecule has 0 aliphatic heterocycles. The van der Waals surface area contributed by atoms with Gasteiger partial charge in [0, 0.05) is 11.6 Å². The molecule has 0 amide bonds. The molecule has 0 spiro atoms. The Balaban J connectivity index is 2.44. The molecule has 0 aliphatic rings. The lowest BCUT2D eigenvalue weighted by Gasteiger charge is -2.01. The number of alkyl halides is 1. The van der Waals surface area contributed by atoms with Crippen LogP contribution in [-0.4, -0.2) is 5.16 Å². The predicted molar refractivity (Wildman–Crippen MR) is 61.0 cm³/mol. The van der Waals surface area contributed by atoms with Crippen LogP contribution >= 0.6 is 11.6 Å². The van der Waals surface area contributed by atoms with Crippen LogP contribution in [0.25, 0.3) is 11.3 Å². The van der Waals surface area contributed by atoms with Crippen molar-refractivity contribution in [2.75, 3.05) is 0 Å². The van der Waals surface area contributed by atoms with Gasteiger partial charge in [0.05, 0.1) is 11.6 Å². The van der Waals surface area contributed by atoms with Crippen molar-refractivity contribution in [1.29, 1.82) is 0 Å². The zero-order chi connectivity index (χ0) is 10.8. The van der Waals surface area contributed by atoms with E-state index in [0.717, 1.165) is 17.0 Å². The standard InChI is InChI=1S/C12H12ClNO/c1-8-3-4-11(9(2)5-8)12-6-10(7-13)14-15-12/h3-6H,7H2,1-2H3. The highest BCUT2D eigenvalue weighted by atomic mass is 35.5. The van der Waals surface area contributed by atoms with Gasteiger partial charge in [-0.3, -0.25) is 0 Å². The average molecular weight is 222 g/mol. The molecule has 2 nitrogen and oxygen atoms in total. The highest BCUT2D eigenvalue weighted by Crippen LogP contribution is 2.25. The summed E-state index contributed by atoms with van der Waals surface area (Å²) in [5, 5.41) is 3.87. The van der Waals surface area contributed by atoms with Gasteiger partial charge in [0.2, 0.25) is 0 Å². The van der Waals surface area contributed by atoms with Crippen LogP contribution in [0.2, 0.25) is 0 Å². The first kappa shape index (κ1) is 10.2. The van der Waals surface area contributed by atoms with Crippen LogP contribution in [-0.2, 0) is 5.88 Å². The summed E-state index contributed by atoms with van der Waals surface area (Å²) in [6.07, 6.45) is 0. The molecule has 0 unspecified atom stereocenters. The minimum Gasteiger partial charge on any atom is -0.356 e. The van der Waals surface area contributed by atoms with Crippen molar-refractivity contribution in [3.05, 3.63) is 41.1 Å². The second-order valence-corrected chi connectivity index (χ2v) is 3.90. The summed E-state index contributed by atoms with van der Waals surface area (Å²) in [5.74, 6) is 1.16. The second kappa shape index (κ2) is 4.07. The van der Waals surface area contributed by atoms with Crippen molar-refractivity contribution in [2.24, 2.45) is 0 Å². The molecule has 1 aromatic carbocycles. The number of rotatable bonds is 2. The lowest BCUT2D eigenvalue weighted by molar-refractivity contribution is 0.426. The van der Waals surface area contributed by atoms with Crippen LogP contribution in [0.1, 0.15) is 16.8 Å². The fourth-order valence-electron chi connectivity index (χ4n) is 1.59. The largest absolute Gasteiger partial charge is 0.356 e. The van der Waals surface area contributed by atoms with Crippen molar-refractivity contribution in [3.63, 3.8) is 0 Å². The zero-order valence-corrected chi connectivity index (χ0v) is 9.51. The van der Waals surface area contributed by atoms with E-state index < -0.39 is 0 Å². The van der Waals surface area contributed by atoms with E-state index >= 15 is 0 Å². The first-order valence-electron chi connectivity index (χ1n) is 4.80. The van der Waals surface area contributed by atoms with Gasteiger partial charge in [0.25, 0.3) is 0 Å². The molecule has 78 valence electrons. The Morgan fingerprint density at radius 3 is 2.67 bits per heavy atom. The molecule has 0 bridgehead atoms. The van der Waals surface area contributed by atoms with Gasteiger partial charge in [-0.1, -0.05) is 28.9 Å². The first-order valence-corrected chi connectivity index (χ1v) is 5.33. The lowest BCUT2D eigenvalue weighted by atomic mass is 10.0. The Morgan fingerprint density at radius 2 is 2.07 bits per heavy atom. The van der Waals surface area contributed by atoms with E-state index in [9.17, 15) is 0 Å². The normalized spacial score (nSPS) is 10.6. The number of aromatic nitrogens is 1. The molecule has 0 atom stereocenters. The van der Waals surface area contributed by atoms with Crippen LogP contribution in [0.5, 0.6) is 0 Å². The van der Waals surface area contributed by atoms with Crippen LogP contribution in [0.3, 0.4) is 0 Å². The van der Waals surface area contributed by atoms with Gasteiger partial charge in [-0.05, 0) is 19.4 Å². The van der Waals surface area contributed by atoms with E-state index in [4.69, 9.17) is 16.1 Å². The molecule has 0 aliphatic carbocycles. The van der Waals surface area contributed by atoms with E-state index in [0.29, 0.717) is 5.88 Å². The minimum absolute atomic E-state index is 0.383. The molecule has 0 fully saturated rings. The first-order chi connectivity index (χ1) is 7.20. The molecule has 0 saturated heterocycles. The quantitative estimate of drug-likeness (QED) is 0.723. The molecule has 1 aromatic heterocycles. The third kappa shape index (κ3) is 2.05. The second-order valence-electron chi connectivity index (χ2n) is 3.63. The Labute approximate surface area is 93.9 Å². The summed E-state index contributed by atoms with van der Waals surface area (Å²) in [6.45, 7) is 4.13. The number of halogens is 1. The van der Waals surface area contributed by atoms with E-state index in [1.54, 1.807) is 0 Å². The molecule has 0 radical (unpaired) electrons. The molecule has 3 heteroatoms. The smallest absolute Gasteiger partial charge is 0.167 e. The Bertz CT molecular complexity index is 476. The van der Waals surface area contributed by atoms with E-state index in [2.05, 4.69) is 31.1 Å². The average Bonchev–Trinajstić information content (AvgIpc) is 2.66. The lowest BCUT2D eigenvalue weighted by Crippen LogP contribution is -1.82. The van der Waals surface area contributed by atoms with Gasteiger partial charge >= 0.3 is 0 Å².